The second kappa shape index (κ2) is 8.14. The molecule has 5 heteroatoms. The highest BCUT2D eigenvalue weighted by Gasteiger charge is 2.43. The van der Waals surface area contributed by atoms with Gasteiger partial charge in [-0.3, -0.25) is 14.6 Å². The van der Waals surface area contributed by atoms with E-state index in [-0.39, 0.29) is 18.4 Å². The first-order chi connectivity index (χ1) is 14.9. The number of hydrogen-bond donors (Lipinski definition) is 0. The first-order valence-electron chi connectivity index (χ1n) is 11.6. The van der Waals surface area contributed by atoms with E-state index in [2.05, 4.69) is 34.9 Å². The van der Waals surface area contributed by atoms with Crippen LogP contribution in [0, 0.1) is 19.1 Å². The minimum Gasteiger partial charge on any atom is -0.632 e. The first-order valence-corrected chi connectivity index (χ1v) is 11.6. The molecule has 3 atom stereocenters. The van der Waals surface area contributed by atoms with Crippen molar-refractivity contribution in [2.24, 2.45) is 0 Å². The summed E-state index contributed by atoms with van der Waals surface area (Å²) in [4.78, 5) is 17.7. The summed E-state index contributed by atoms with van der Waals surface area (Å²) in [6.45, 7) is 8.78. The largest absolute Gasteiger partial charge is 0.632 e. The Morgan fingerprint density at radius 2 is 1.58 bits per heavy atom. The van der Waals surface area contributed by atoms with Crippen molar-refractivity contribution in [1.29, 1.82) is 0 Å². The maximum atomic E-state index is 13.3. The highest BCUT2D eigenvalue weighted by molar-refractivity contribution is 5.86. The third kappa shape index (κ3) is 4.20. The Labute approximate surface area is 185 Å². The van der Waals surface area contributed by atoms with Crippen LogP contribution in [0.1, 0.15) is 40.3 Å². The monoisotopic (exact) mass is 419 g/mol. The molecule has 3 aliphatic rings. The molecule has 2 aliphatic heterocycles. The number of benzene rings is 2. The molecule has 0 spiro atoms. The van der Waals surface area contributed by atoms with Crippen LogP contribution >= 0.6 is 0 Å². The number of piperazine rings is 1. The summed E-state index contributed by atoms with van der Waals surface area (Å²) < 4.78 is -0.415. The Kier molecular flexibility index (Phi) is 5.47. The van der Waals surface area contributed by atoms with Gasteiger partial charge in [-0.05, 0) is 37.8 Å². The van der Waals surface area contributed by atoms with E-state index in [4.69, 9.17) is 0 Å². The fourth-order valence-corrected chi connectivity index (χ4v) is 5.80. The van der Waals surface area contributed by atoms with Crippen LogP contribution in [0.15, 0.2) is 42.5 Å². The van der Waals surface area contributed by atoms with Gasteiger partial charge in [-0.1, -0.05) is 53.6 Å². The molecule has 0 saturated carbocycles. The molecule has 0 aromatic heterocycles. The molecule has 5 nitrogen and oxygen atoms in total. The van der Waals surface area contributed by atoms with E-state index >= 15 is 0 Å². The van der Waals surface area contributed by atoms with E-state index in [1.165, 1.54) is 28.7 Å². The van der Waals surface area contributed by atoms with Crippen molar-refractivity contribution in [1.82, 2.24) is 9.80 Å². The fourth-order valence-electron chi connectivity index (χ4n) is 5.80. The van der Waals surface area contributed by atoms with E-state index in [0.717, 1.165) is 38.2 Å². The van der Waals surface area contributed by atoms with Crippen molar-refractivity contribution in [3.05, 3.63) is 75.5 Å². The smallest absolute Gasteiger partial charge is 0.209 e. The molecule has 0 radical (unpaired) electrons. The number of nitrogens with zero attached hydrogens (tertiary/aromatic N) is 3. The number of fused-ring (bicyclic) bond motifs is 1. The van der Waals surface area contributed by atoms with Gasteiger partial charge in [0.15, 0.2) is 0 Å². The predicted octanol–water partition coefficient (Wildman–Crippen LogP) is 3.37. The van der Waals surface area contributed by atoms with E-state index in [1.54, 1.807) is 0 Å². The van der Waals surface area contributed by atoms with Crippen LogP contribution in [0.2, 0.25) is 0 Å². The zero-order valence-electron chi connectivity index (χ0n) is 18.7. The van der Waals surface area contributed by atoms with Crippen LogP contribution in [-0.2, 0) is 17.8 Å². The molecule has 0 amide bonds. The van der Waals surface area contributed by atoms with Gasteiger partial charge in [0.2, 0.25) is 5.78 Å². The van der Waals surface area contributed by atoms with Crippen molar-refractivity contribution in [3.63, 3.8) is 0 Å². The Morgan fingerprint density at radius 3 is 2.29 bits per heavy atom. The third-order valence-electron chi connectivity index (χ3n) is 7.49. The van der Waals surface area contributed by atoms with Crippen molar-refractivity contribution in [2.75, 3.05) is 39.3 Å². The predicted molar refractivity (Wildman–Crippen MR) is 122 cm³/mol. The zero-order valence-corrected chi connectivity index (χ0v) is 18.7. The molecule has 2 saturated heterocycles. The van der Waals surface area contributed by atoms with Gasteiger partial charge in [-0.2, -0.15) is 0 Å². The Hall–Kier alpha value is -2.05. The van der Waals surface area contributed by atoms with Gasteiger partial charge in [-0.25, -0.2) is 0 Å². The van der Waals surface area contributed by atoms with Crippen LogP contribution in [0.4, 0.5) is 0 Å². The van der Waals surface area contributed by atoms with Crippen molar-refractivity contribution >= 4 is 5.78 Å². The number of Topliss-reactive ketones (excluding diaryl/α,β-unsaturated/α-hetero) is 1. The summed E-state index contributed by atoms with van der Waals surface area (Å²) in [5.41, 5.74) is 6.55. The number of likely N-dealkylation sites (tertiary alicyclic amines) is 1. The molecular formula is C26H33N3O2. The quantitative estimate of drug-likeness (QED) is 0.563. The summed E-state index contributed by atoms with van der Waals surface area (Å²) in [6, 6.07) is 15.3. The number of aryl methyl sites for hydroxylation is 3. The highest BCUT2D eigenvalue weighted by atomic mass is 16.5. The molecular weight excluding hydrogens is 386 g/mol. The maximum Gasteiger partial charge on any atom is 0.209 e. The molecule has 1 aliphatic carbocycles. The van der Waals surface area contributed by atoms with Gasteiger partial charge >= 0.3 is 0 Å². The van der Waals surface area contributed by atoms with Gasteiger partial charge in [0.1, 0.15) is 25.7 Å². The standard InChI is InChI=1S/C26H33N3O2/c1-19-3-6-21(7-4-19)16-29(31)17-25(26(30)18-29)28-13-11-27(12-14-28)24-10-8-22-15-20(2)5-9-23(22)24/h3-7,9,15,24-25H,8,10-14,16-18H2,1-2H3/t24?,25-,29?/m1/s1. The van der Waals surface area contributed by atoms with Gasteiger partial charge in [0.25, 0.3) is 0 Å². The van der Waals surface area contributed by atoms with Crippen molar-refractivity contribution in [2.45, 2.75) is 45.3 Å². The van der Waals surface area contributed by atoms with Gasteiger partial charge in [0, 0.05) is 37.8 Å². The topological polar surface area (TPSA) is 46.6 Å². The molecule has 2 fully saturated rings. The molecule has 164 valence electrons. The van der Waals surface area contributed by atoms with Crippen molar-refractivity contribution in [3.8, 4) is 0 Å². The minimum atomic E-state index is -0.415. The first kappa shape index (κ1) is 20.8. The SMILES string of the molecule is Cc1ccc(C[N+]2([O-])CC(=O)[C@H](N3CCN(C4CCc5cc(C)ccc54)CC3)C2)cc1. The number of quaternary nitrogens is 1. The number of hydroxylamine groups is 3. The lowest BCUT2D eigenvalue weighted by Crippen LogP contribution is -2.53. The van der Waals surface area contributed by atoms with E-state index in [0.29, 0.717) is 19.1 Å². The Bertz CT molecular complexity index is 965. The highest BCUT2D eigenvalue weighted by Crippen LogP contribution is 2.37. The van der Waals surface area contributed by atoms with Gasteiger partial charge < -0.3 is 9.85 Å². The number of carbonyl (C=O) groups excluding carboxylic acids is 1. The lowest BCUT2D eigenvalue weighted by atomic mass is 10.0. The number of hydrogen-bond acceptors (Lipinski definition) is 4. The number of rotatable bonds is 4. The Balaban J connectivity index is 1.20. The van der Waals surface area contributed by atoms with Gasteiger partial charge in [0.05, 0.1) is 0 Å². The summed E-state index contributed by atoms with van der Waals surface area (Å²) in [5, 5.41) is 13.3. The van der Waals surface area contributed by atoms with Gasteiger partial charge in [-0.15, -0.1) is 0 Å². The lowest BCUT2D eigenvalue weighted by molar-refractivity contribution is -0.879. The number of carbonyl (C=O) groups is 1. The van der Waals surface area contributed by atoms with Crippen LogP contribution < -0.4 is 0 Å². The summed E-state index contributed by atoms with van der Waals surface area (Å²) >= 11 is 0. The third-order valence-corrected chi connectivity index (χ3v) is 7.49. The van der Waals surface area contributed by atoms with Crippen LogP contribution in [0.5, 0.6) is 0 Å². The zero-order chi connectivity index (χ0) is 21.6. The maximum absolute atomic E-state index is 13.3. The molecule has 2 aromatic rings. The summed E-state index contributed by atoms with van der Waals surface area (Å²) in [7, 11) is 0. The molecule has 5 rings (SSSR count). The second-order valence-electron chi connectivity index (χ2n) is 9.85. The summed E-state index contributed by atoms with van der Waals surface area (Å²) in [5.74, 6) is 0.122. The van der Waals surface area contributed by atoms with Crippen LogP contribution in [0.25, 0.3) is 0 Å². The molecule has 0 bridgehead atoms. The second-order valence-corrected chi connectivity index (χ2v) is 9.85. The molecule has 2 heterocycles. The van der Waals surface area contributed by atoms with E-state index < -0.39 is 4.65 Å². The summed E-state index contributed by atoms with van der Waals surface area (Å²) in [6.07, 6.45) is 2.36. The fraction of sp³-hybridized carbons (Fsp3) is 0.500. The van der Waals surface area contributed by atoms with Crippen molar-refractivity contribution < 1.29 is 9.44 Å². The Morgan fingerprint density at radius 1 is 0.935 bits per heavy atom. The normalized spacial score (nSPS) is 29.5. The lowest BCUT2D eigenvalue weighted by Gasteiger charge is -2.42. The molecule has 31 heavy (non-hydrogen) atoms. The average molecular weight is 420 g/mol. The van der Waals surface area contributed by atoms with Crippen LogP contribution in [0.3, 0.4) is 0 Å². The van der Waals surface area contributed by atoms with E-state index in [9.17, 15) is 10.0 Å². The molecule has 0 N–H and O–H groups in total. The molecule has 2 aromatic carbocycles. The minimum absolute atomic E-state index is 0.105. The van der Waals surface area contributed by atoms with Crippen LogP contribution in [-0.4, -0.2) is 65.5 Å². The average Bonchev–Trinajstić information content (AvgIpc) is 3.30. The number of ketones is 1. The van der Waals surface area contributed by atoms with E-state index in [1.807, 2.05) is 31.2 Å². The molecule has 2 unspecified atom stereocenters.